The number of furan rings is 1. The highest BCUT2D eigenvalue weighted by molar-refractivity contribution is 6.93. The average Bonchev–Trinajstić information content (AvgIpc) is 3.85. The second kappa shape index (κ2) is 14.5. The summed E-state index contributed by atoms with van der Waals surface area (Å²) in [6.07, 6.45) is 4.61. The lowest BCUT2D eigenvalue weighted by Gasteiger charge is -2.47. The van der Waals surface area contributed by atoms with Crippen LogP contribution in [0.3, 0.4) is 0 Å². The van der Waals surface area contributed by atoms with Gasteiger partial charge < -0.3 is 14.1 Å². The van der Waals surface area contributed by atoms with E-state index in [1.54, 1.807) is 0 Å². The van der Waals surface area contributed by atoms with Gasteiger partial charge in [-0.25, -0.2) is 0 Å². The first-order valence-corrected chi connectivity index (χ1v) is 26.7. The maximum Gasteiger partial charge on any atom is 0.375 e. The molecule has 0 saturated heterocycles. The first kappa shape index (κ1) is 44.0. The van der Waals surface area contributed by atoms with Crippen LogP contribution in [-0.2, 0) is 27.1 Å². The van der Waals surface area contributed by atoms with Gasteiger partial charge in [0.15, 0.2) is 0 Å². The zero-order valence-electron chi connectivity index (χ0n) is 44.1. The fourth-order valence-corrected chi connectivity index (χ4v) is 14.4. The van der Waals surface area contributed by atoms with Crippen molar-refractivity contribution in [3.05, 3.63) is 185 Å². The van der Waals surface area contributed by atoms with Gasteiger partial charge in [0.1, 0.15) is 11.2 Å². The highest BCUT2D eigenvalue weighted by Crippen LogP contribution is 2.61. The number of anilines is 5. The molecule has 3 aliphatic carbocycles. The van der Waals surface area contributed by atoms with E-state index in [2.05, 4.69) is 231 Å². The van der Waals surface area contributed by atoms with Crippen molar-refractivity contribution in [2.24, 2.45) is 0 Å². The molecule has 3 heterocycles. The van der Waals surface area contributed by atoms with Crippen LogP contribution in [0.25, 0.3) is 55.1 Å². The van der Waals surface area contributed by atoms with Gasteiger partial charge in [0, 0.05) is 39.1 Å². The van der Waals surface area contributed by atoms with E-state index in [9.17, 15) is 0 Å². The lowest BCUT2D eigenvalue weighted by Crippen LogP contribution is -2.61. The Hall–Kier alpha value is -6.78. The Balaban J connectivity index is 1.17. The van der Waals surface area contributed by atoms with Gasteiger partial charge in [-0.1, -0.05) is 166 Å². The first-order chi connectivity index (χ1) is 34.3. The molecule has 0 unspecified atom stereocenters. The van der Waals surface area contributed by atoms with E-state index in [4.69, 9.17) is 4.42 Å². The maximum absolute atomic E-state index is 7.84. The van der Waals surface area contributed by atoms with Crippen molar-refractivity contribution in [3.63, 3.8) is 0 Å². The Kier molecular flexibility index (Phi) is 8.83. The number of fused-ring (bicyclic) bond motifs is 13. The van der Waals surface area contributed by atoms with E-state index in [1.165, 1.54) is 123 Å². The zero-order chi connectivity index (χ0) is 49.6. The molecule has 3 nitrogen and oxygen atoms in total. The monoisotopic (exact) mass is 937 g/mol. The molecule has 1 aromatic heterocycles. The molecule has 2 aliphatic heterocycles. The van der Waals surface area contributed by atoms with Crippen molar-refractivity contribution in [1.29, 1.82) is 0 Å². The maximum atomic E-state index is 7.84. The molecule has 14 rings (SSSR count). The van der Waals surface area contributed by atoms with Gasteiger partial charge in [-0.15, -0.1) is 0 Å². The van der Waals surface area contributed by atoms with Gasteiger partial charge >= 0.3 is 6.85 Å². The average molecular weight is 937 g/mol. The van der Waals surface area contributed by atoms with E-state index < -0.39 is 0 Å². The van der Waals surface area contributed by atoms with Crippen LogP contribution in [0, 0.1) is 6.92 Å². The molecule has 4 heteroatoms. The van der Waals surface area contributed by atoms with Crippen LogP contribution in [-0.4, -0.2) is 6.85 Å². The van der Waals surface area contributed by atoms with Crippen molar-refractivity contribution in [1.82, 2.24) is 0 Å². The largest absolute Gasteiger partial charge is 0.466 e. The van der Waals surface area contributed by atoms with Crippen molar-refractivity contribution in [3.8, 4) is 33.4 Å². The number of benzene rings is 8. The molecule has 0 saturated carbocycles. The number of aryl methyl sites for hydroxylation is 1. The van der Waals surface area contributed by atoms with Gasteiger partial charge in [0.2, 0.25) is 0 Å². The minimum atomic E-state index is -0.309. The second-order valence-electron chi connectivity index (χ2n) is 25.4. The third-order valence-corrected chi connectivity index (χ3v) is 18.8. The Morgan fingerprint density at radius 1 is 0.458 bits per heavy atom. The van der Waals surface area contributed by atoms with Crippen molar-refractivity contribution in [2.45, 2.75) is 129 Å². The highest BCUT2D eigenvalue weighted by Gasteiger charge is 2.54. The molecule has 356 valence electrons. The van der Waals surface area contributed by atoms with Crippen LogP contribution in [0.4, 0.5) is 28.4 Å². The zero-order valence-corrected chi connectivity index (χ0v) is 44.1. The highest BCUT2D eigenvalue weighted by atomic mass is 16.3. The van der Waals surface area contributed by atoms with Gasteiger partial charge in [-0.3, -0.25) is 0 Å². The standard InChI is InChI=1S/C68H65BN2O/c1-40-33-52-54(66(6,7)31-29-64(52,2)3)38-56(40)70-61-50-37-53-55(67(8,9)32-30-65(53,4)5)39-58(50)72-63(61)69-60-49(36-48-46-23-17-18-24-51(46)68(10,11)59(48)62(60)70)47-34-43-21-15-16-22-44(43)35-57(47)71(69)45-27-25-42(26-28-45)41-19-13-12-14-20-41/h12-28,33-39H,29-32H2,1-11H3. The van der Waals surface area contributed by atoms with E-state index in [0.29, 0.717) is 0 Å². The van der Waals surface area contributed by atoms with E-state index in [0.717, 1.165) is 36.2 Å². The molecular formula is C68H65BN2O. The van der Waals surface area contributed by atoms with E-state index in [1.807, 2.05) is 0 Å². The first-order valence-electron chi connectivity index (χ1n) is 26.7. The summed E-state index contributed by atoms with van der Waals surface area (Å²) in [5.74, 6) is 0. The van der Waals surface area contributed by atoms with Crippen LogP contribution in [0.1, 0.15) is 134 Å². The van der Waals surface area contributed by atoms with Gasteiger partial charge in [-0.2, -0.15) is 0 Å². The van der Waals surface area contributed by atoms with E-state index in [-0.39, 0.29) is 33.9 Å². The topological polar surface area (TPSA) is 19.6 Å². The number of hydrogen-bond donors (Lipinski definition) is 0. The summed E-state index contributed by atoms with van der Waals surface area (Å²) in [4.78, 5) is 5.41. The summed E-state index contributed by atoms with van der Waals surface area (Å²) < 4.78 is 7.84. The smallest absolute Gasteiger partial charge is 0.375 e. The Labute approximate surface area is 427 Å². The quantitative estimate of drug-likeness (QED) is 0.165. The predicted octanol–water partition coefficient (Wildman–Crippen LogP) is 17.3. The summed E-state index contributed by atoms with van der Waals surface area (Å²) in [5, 5.41) is 3.67. The third kappa shape index (κ3) is 5.93. The predicted molar refractivity (Wildman–Crippen MR) is 306 cm³/mol. The molecule has 0 spiro atoms. The summed E-state index contributed by atoms with van der Waals surface area (Å²) in [7, 11) is 0. The van der Waals surface area contributed by atoms with Crippen molar-refractivity contribution >= 4 is 68.1 Å². The van der Waals surface area contributed by atoms with Crippen molar-refractivity contribution in [2.75, 3.05) is 9.71 Å². The normalized spacial score (nSPS) is 18.7. The molecule has 0 radical (unpaired) electrons. The second-order valence-corrected chi connectivity index (χ2v) is 25.4. The van der Waals surface area contributed by atoms with Gasteiger partial charge in [0.05, 0.1) is 5.69 Å². The number of nitrogens with zero attached hydrogens (tertiary/aromatic N) is 2. The fourth-order valence-electron chi connectivity index (χ4n) is 14.4. The molecule has 9 aromatic rings. The molecule has 5 aliphatic rings. The molecule has 0 amide bonds. The molecular weight excluding hydrogens is 872 g/mol. The van der Waals surface area contributed by atoms with Gasteiger partial charge in [0.25, 0.3) is 0 Å². The fraction of sp³-hybridized carbons (Fsp3) is 0.294. The summed E-state index contributed by atoms with van der Waals surface area (Å²) in [5.41, 5.74) is 26.7. The SMILES string of the molecule is Cc1cc2c(cc1N1c3c4c(cc5c3C(C)(C)c3ccccc3-5)-c3cc5ccccc5cc3N(c3ccc(-c5ccccc5)cc3)B4c3oc4cc5c(cc4c31)C(C)(C)CCC5(C)C)C(C)(C)CCC2(C)C. The van der Waals surface area contributed by atoms with Crippen molar-refractivity contribution < 1.29 is 4.42 Å². The summed E-state index contributed by atoms with van der Waals surface area (Å²) in [6.45, 7) is 26.7. The Bertz CT molecular complexity index is 3810. The number of rotatable bonds is 3. The third-order valence-electron chi connectivity index (χ3n) is 18.8. The van der Waals surface area contributed by atoms with Gasteiger partial charge in [-0.05, 0) is 186 Å². The minimum absolute atomic E-state index is 0.00731. The summed E-state index contributed by atoms with van der Waals surface area (Å²) >= 11 is 0. The minimum Gasteiger partial charge on any atom is -0.466 e. The van der Waals surface area contributed by atoms with Crippen LogP contribution in [0.2, 0.25) is 0 Å². The number of hydrogen-bond acceptors (Lipinski definition) is 3. The molecule has 72 heavy (non-hydrogen) atoms. The lowest BCUT2D eigenvalue weighted by atomic mass is 9.45. The molecule has 0 fully saturated rings. The summed E-state index contributed by atoms with van der Waals surface area (Å²) in [6, 6.07) is 56.1. The van der Waals surface area contributed by atoms with Crippen LogP contribution >= 0.6 is 0 Å². The van der Waals surface area contributed by atoms with Crippen LogP contribution < -0.4 is 20.8 Å². The van der Waals surface area contributed by atoms with E-state index >= 15 is 0 Å². The lowest BCUT2D eigenvalue weighted by molar-refractivity contribution is 0.332. The van der Waals surface area contributed by atoms with Crippen LogP contribution in [0.15, 0.2) is 150 Å². The molecule has 8 aromatic carbocycles. The molecule has 0 N–H and O–H groups in total. The van der Waals surface area contributed by atoms with Crippen LogP contribution in [0.5, 0.6) is 0 Å². The Morgan fingerprint density at radius 3 is 1.71 bits per heavy atom. The Morgan fingerprint density at radius 2 is 1.03 bits per heavy atom. The molecule has 0 atom stereocenters. The molecule has 0 bridgehead atoms.